The zero-order valence-corrected chi connectivity index (χ0v) is 19.0. The fourth-order valence-electron chi connectivity index (χ4n) is 2.72. The topological polar surface area (TPSA) is 67.9 Å². The number of halogens is 2. The summed E-state index contributed by atoms with van der Waals surface area (Å²) in [5.41, 5.74) is 0.756. The van der Waals surface area contributed by atoms with Crippen LogP contribution < -0.4 is 14.8 Å². The minimum atomic E-state index is -0.700. The lowest BCUT2D eigenvalue weighted by molar-refractivity contribution is -0.142. The first-order valence-corrected chi connectivity index (χ1v) is 10.3. The monoisotopic (exact) mass is 452 g/mol. The van der Waals surface area contributed by atoms with Crippen molar-refractivity contribution in [3.05, 3.63) is 58.1 Å². The smallest absolute Gasteiger partial charge is 0.261 e. The molecule has 1 N–H and O–H groups in total. The van der Waals surface area contributed by atoms with E-state index in [2.05, 4.69) is 5.32 Å². The zero-order valence-electron chi connectivity index (χ0n) is 17.4. The number of benzene rings is 2. The maximum absolute atomic E-state index is 13.0. The van der Waals surface area contributed by atoms with Gasteiger partial charge in [0, 0.05) is 12.6 Å². The van der Waals surface area contributed by atoms with E-state index in [-0.39, 0.29) is 31.0 Å². The van der Waals surface area contributed by atoms with Crippen LogP contribution in [0.15, 0.2) is 42.5 Å². The number of nitrogens with zero attached hydrogens (tertiary/aromatic N) is 1. The van der Waals surface area contributed by atoms with Gasteiger partial charge in [0.05, 0.1) is 17.2 Å². The molecule has 8 heteroatoms. The van der Waals surface area contributed by atoms with Crippen molar-refractivity contribution >= 4 is 35.0 Å². The SMILES string of the molecule is COc1ccc(OCC(=O)N(Cc2ccc(Cl)c(Cl)c2)C(C)C(=O)NC(C)C)cc1. The summed E-state index contributed by atoms with van der Waals surface area (Å²) in [4.78, 5) is 27.0. The average molecular weight is 453 g/mol. The summed E-state index contributed by atoms with van der Waals surface area (Å²) < 4.78 is 10.7. The Bertz CT molecular complexity index is 872. The molecule has 1 unspecified atom stereocenters. The van der Waals surface area contributed by atoms with Gasteiger partial charge in [0.25, 0.3) is 5.91 Å². The number of rotatable bonds is 9. The molecule has 162 valence electrons. The van der Waals surface area contributed by atoms with Crippen LogP contribution in [0, 0.1) is 0 Å². The fraction of sp³-hybridized carbons (Fsp3) is 0.364. The molecule has 0 aromatic heterocycles. The summed E-state index contributed by atoms with van der Waals surface area (Å²) in [6, 6.07) is 11.3. The van der Waals surface area contributed by atoms with Crippen molar-refractivity contribution in [3.8, 4) is 11.5 Å². The van der Waals surface area contributed by atoms with Gasteiger partial charge in [-0.1, -0.05) is 29.3 Å². The van der Waals surface area contributed by atoms with Gasteiger partial charge >= 0.3 is 0 Å². The third-order valence-corrected chi connectivity index (χ3v) is 5.10. The second kappa shape index (κ2) is 11.1. The number of methoxy groups -OCH3 is 1. The van der Waals surface area contributed by atoms with Crippen molar-refractivity contribution in [2.45, 2.75) is 39.4 Å². The molecule has 0 aliphatic heterocycles. The first kappa shape index (κ1) is 23.8. The molecule has 0 fully saturated rings. The molecule has 0 aliphatic rings. The van der Waals surface area contributed by atoms with E-state index < -0.39 is 6.04 Å². The Morgan fingerprint density at radius 1 is 1.00 bits per heavy atom. The quantitative estimate of drug-likeness (QED) is 0.614. The number of hydrogen-bond donors (Lipinski definition) is 1. The Morgan fingerprint density at radius 3 is 2.20 bits per heavy atom. The van der Waals surface area contributed by atoms with Crippen LogP contribution in [0.4, 0.5) is 0 Å². The summed E-state index contributed by atoms with van der Waals surface area (Å²) in [6.07, 6.45) is 0. The van der Waals surface area contributed by atoms with E-state index in [1.54, 1.807) is 56.5 Å². The first-order valence-electron chi connectivity index (χ1n) is 9.52. The lowest BCUT2D eigenvalue weighted by Crippen LogP contribution is -2.50. The van der Waals surface area contributed by atoms with Crippen LogP contribution in [0.25, 0.3) is 0 Å². The Labute approximate surface area is 187 Å². The molecule has 0 heterocycles. The van der Waals surface area contributed by atoms with Crippen LogP contribution in [0.2, 0.25) is 10.0 Å². The van der Waals surface area contributed by atoms with Crippen LogP contribution >= 0.6 is 23.2 Å². The maximum atomic E-state index is 13.0. The minimum Gasteiger partial charge on any atom is -0.497 e. The fourth-order valence-corrected chi connectivity index (χ4v) is 3.04. The Balaban J connectivity index is 2.16. The van der Waals surface area contributed by atoms with Gasteiger partial charge in [0.1, 0.15) is 17.5 Å². The van der Waals surface area contributed by atoms with Crippen LogP contribution in [0.1, 0.15) is 26.3 Å². The molecule has 2 rings (SSSR count). The number of hydrogen-bond acceptors (Lipinski definition) is 4. The lowest BCUT2D eigenvalue weighted by Gasteiger charge is -2.29. The molecular weight excluding hydrogens is 427 g/mol. The van der Waals surface area contributed by atoms with Crippen LogP contribution in [0.5, 0.6) is 11.5 Å². The second-order valence-electron chi connectivity index (χ2n) is 7.07. The summed E-state index contributed by atoms with van der Waals surface area (Å²) in [7, 11) is 1.57. The Kier molecular flexibility index (Phi) is 8.81. The van der Waals surface area contributed by atoms with Crippen LogP contribution in [-0.2, 0) is 16.1 Å². The molecular formula is C22H26Cl2N2O4. The summed E-state index contributed by atoms with van der Waals surface area (Å²) in [6.45, 7) is 5.38. The van der Waals surface area contributed by atoms with Gasteiger partial charge in [-0.2, -0.15) is 0 Å². The maximum Gasteiger partial charge on any atom is 0.261 e. The summed E-state index contributed by atoms with van der Waals surface area (Å²) in [5.74, 6) is 0.637. The number of ether oxygens (including phenoxy) is 2. The van der Waals surface area contributed by atoms with Crippen LogP contribution in [0.3, 0.4) is 0 Å². The van der Waals surface area contributed by atoms with E-state index in [1.807, 2.05) is 13.8 Å². The Morgan fingerprint density at radius 2 is 1.63 bits per heavy atom. The number of carbonyl (C=O) groups is 2. The second-order valence-corrected chi connectivity index (χ2v) is 7.89. The summed E-state index contributed by atoms with van der Waals surface area (Å²) >= 11 is 12.1. The average Bonchev–Trinajstić information content (AvgIpc) is 2.72. The van der Waals surface area contributed by atoms with Crippen molar-refractivity contribution in [1.82, 2.24) is 10.2 Å². The lowest BCUT2D eigenvalue weighted by atomic mass is 10.1. The minimum absolute atomic E-state index is 0.0440. The third-order valence-electron chi connectivity index (χ3n) is 4.36. The van der Waals surface area contributed by atoms with Gasteiger partial charge in [0.15, 0.2) is 6.61 Å². The molecule has 30 heavy (non-hydrogen) atoms. The molecule has 0 saturated heterocycles. The highest BCUT2D eigenvalue weighted by Crippen LogP contribution is 2.24. The molecule has 2 amide bonds. The van der Waals surface area contributed by atoms with Crippen molar-refractivity contribution in [2.75, 3.05) is 13.7 Å². The molecule has 2 aromatic rings. The highest BCUT2D eigenvalue weighted by atomic mass is 35.5. The van der Waals surface area contributed by atoms with Crippen molar-refractivity contribution in [3.63, 3.8) is 0 Å². The standard InChI is InChI=1S/C22H26Cl2N2O4/c1-14(2)25-22(28)15(3)26(12-16-5-10-19(23)20(24)11-16)21(27)13-30-18-8-6-17(29-4)7-9-18/h5-11,14-15H,12-13H2,1-4H3,(H,25,28). The number of nitrogens with one attached hydrogen (secondary N) is 1. The van der Waals surface area contributed by atoms with Gasteiger partial charge < -0.3 is 19.7 Å². The predicted octanol–water partition coefficient (Wildman–Crippen LogP) is 4.32. The summed E-state index contributed by atoms with van der Waals surface area (Å²) in [5, 5.41) is 3.64. The molecule has 0 saturated carbocycles. The highest BCUT2D eigenvalue weighted by molar-refractivity contribution is 6.42. The van der Waals surface area contributed by atoms with E-state index in [4.69, 9.17) is 32.7 Å². The largest absolute Gasteiger partial charge is 0.497 e. The van der Waals surface area contributed by atoms with Gasteiger partial charge in [-0.05, 0) is 62.7 Å². The van der Waals surface area contributed by atoms with Crippen molar-refractivity contribution in [2.24, 2.45) is 0 Å². The number of amides is 2. The van der Waals surface area contributed by atoms with Gasteiger partial charge in [0.2, 0.25) is 5.91 Å². The Hall–Kier alpha value is -2.44. The molecule has 2 aromatic carbocycles. The van der Waals surface area contributed by atoms with E-state index in [9.17, 15) is 9.59 Å². The van der Waals surface area contributed by atoms with Crippen molar-refractivity contribution in [1.29, 1.82) is 0 Å². The van der Waals surface area contributed by atoms with Gasteiger partial charge in [-0.3, -0.25) is 9.59 Å². The number of carbonyl (C=O) groups excluding carboxylic acids is 2. The zero-order chi connectivity index (χ0) is 22.3. The van der Waals surface area contributed by atoms with E-state index >= 15 is 0 Å². The van der Waals surface area contributed by atoms with Crippen LogP contribution in [-0.4, -0.2) is 42.5 Å². The third kappa shape index (κ3) is 6.82. The molecule has 0 radical (unpaired) electrons. The first-order chi connectivity index (χ1) is 14.2. The van der Waals surface area contributed by atoms with E-state index in [1.165, 1.54) is 4.90 Å². The normalized spacial score (nSPS) is 11.7. The molecule has 0 spiro atoms. The molecule has 0 aliphatic carbocycles. The van der Waals surface area contributed by atoms with Gasteiger partial charge in [-0.15, -0.1) is 0 Å². The molecule has 6 nitrogen and oxygen atoms in total. The van der Waals surface area contributed by atoms with Gasteiger partial charge in [-0.25, -0.2) is 0 Å². The van der Waals surface area contributed by atoms with Crippen molar-refractivity contribution < 1.29 is 19.1 Å². The van der Waals surface area contributed by atoms with E-state index in [0.29, 0.717) is 21.5 Å². The molecule has 1 atom stereocenters. The highest BCUT2D eigenvalue weighted by Gasteiger charge is 2.27. The van der Waals surface area contributed by atoms with E-state index in [0.717, 1.165) is 5.56 Å². The molecule has 0 bridgehead atoms. The predicted molar refractivity (Wildman–Crippen MR) is 118 cm³/mol.